The molecule has 0 unspecified atom stereocenters. The van der Waals surface area contributed by atoms with Gasteiger partial charge in [-0.15, -0.1) is 0 Å². The minimum Gasteiger partial charge on any atom is -0.341 e. The fourth-order valence-corrected chi connectivity index (χ4v) is 4.14. The van der Waals surface area contributed by atoms with Gasteiger partial charge in [0.05, 0.1) is 5.92 Å². The van der Waals surface area contributed by atoms with Crippen molar-refractivity contribution in [2.24, 2.45) is 5.92 Å². The summed E-state index contributed by atoms with van der Waals surface area (Å²) in [7, 11) is 0. The number of carbonyl (C=O) groups is 3. The molecule has 1 saturated heterocycles. The van der Waals surface area contributed by atoms with Crippen LogP contribution in [0.4, 0.5) is 10.1 Å². The molecule has 0 spiro atoms. The maximum absolute atomic E-state index is 13.7. The third kappa shape index (κ3) is 3.55. The Morgan fingerprint density at radius 2 is 1.70 bits per heavy atom. The van der Waals surface area contributed by atoms with E-state index in [4.69, 9.17) is 0 Å². The van der Waals surface area contributed by atoms with E-state index in [2.05, 4.69) is 5.32 Å². The number of benzene rings is 1. The first-order valence-electron chi connectivity index (χ1n) is 9.70. The minimum atomic E-state index is -0.668. The van der Waals surface area contributed by atoms with Gasteiger partial charge in [0, 0.05) is 44.2 Å². The van der Waals surface area contributed by atoms with Crippen molar-refractivity contribution in [1.29, 1.82) is 0 Å². The zero-order valence-electron chi connectivity index (χ0n) is 15.2. The molecule has 6 nitrogen and oxygen atoms in total. The Balaban J connectivity index is 1.47. The summed E-state index contributed by atoms with van der Waals surface area (Å²) in [5, 5.41) is 2.71. The molecule has 4 rings (SSSR count). The first-order chi connectivity index (χ1) is 13.0. The molecule has 1 aliphatic carbocycles. The smallest absolute Gasteiger partial charge is 0.230 e. The summed E-state index contributed by atoms with van der Waals surface area (Å²) in [5.41, 5.74) is 1.04. The molecule has 1 aromatic carbocycles. The average molecular weight is 373 g/mol. The van der Waals surface area contributed by atoms with E-state index < -0.39 is 11.7 Å². The average Bonchev–Trinajstić information content (AvgIpc) is 2.85. The molecule has 1 saturated carbocycles. The SMILES string of the molecule is O=C1C[C@H](C(=O)N2CCCN(C(=O)C3CCC3)CC2)c2cc(F)ccc2N1. The van der Waals surface area contributed by atoms with Gasteiger partial charge in [-0.1, -0.05) is 6.42 Å². The van der Waals surface area contributed by atoms with Gasteiger partial charge in [-0.3, -0.25) is 14.4 Å². The quantitative estimate of drug-likeness (QED) is 0.863. The van der Waals surface area contributed by atoms with Crippen LogP contribution in [0, 0.1) is 11.7 Å². The third-order valence-electron chi connectivity index (χ3n) is 5.92. The van der Waals surface area contributed by atoms with Crippen molar-refractivity contribution in [3.8, 4) is 0 Å². The number of nitrogens with one attached hydrogen (secondary N) is 1. The number of fused-ring (bicyclic) bond motifs is 1. The van der Waals surface area contributed by atoms with E-state index in [1.54, 1.807) is 4.90 Å². The Morgan fingerprint density at radius 1 is 1.00 bits per heavy atom. The summed E-state index contributed by atoms with van der Waals surface area (Å²) >= 11 is 0. The number of hydrogen-bond acceptors (Lipinski definition) is 3. The number of halogens is 1. The molecule has 2 aliphatic heterocycles. The van der Waals surface area contributed by atoms with Gasteiger partial charge in [0.1, 0.15) is 5.82 Å². The molecular weight excluding hydrogens is 349 g/mol. The van der Waals surface area contributed by atoms with E-state index in [9.17, 15) is 18.8 Å². The second-order valence-electron chi connectivity index (χ2n) is 7.67. The van der Waals surface area contributed by atoms with Crippen LogP contribution < -0.4 is 5.32 Å². The van der Waals surface area contributed by atoms with Gasteiger partial charge in [-0.05, 0) is 43.0 Å². The largest absolute Gasteiger partial charge is 0.341 e. The number of hydrogen-bond donors (Lipinski definition) is 1. The molecule has 1 N–H and O–H groups in total. The van der Waals surface area contributed by atoms with Crippen molar-refractivity contribution < 1.29 is 18.8 Å². The van der Waals surface area contributed by atoms with Crippen molar-refractivity contribution in [2.45, 2.75) is 38.0 Å². The van der Waals surface area contributed by atoms with E-state index in [0.717, 1.165) is 25.7 Å². The molecule has 3 aliphatic rings. The summed E-state index contributed by atoms with van der Waals surface area (Å²) in [6.07, 6.45) is 3.80. The highest BCUT2D eigenvalue weighted by atomic mass is 19.1. The molecule has 3 amide bonds. The summed E-state index contributed by atoms with van der Waals surface area (Å²) in [6.45, 7) is 2.20. The highest BCUT2D eigenvalue weighted by molar-refractivity contribution is 6.01. The second-order valence-corrected chi connectivity index (χ2v) is 7.67. The van der Waals surface area contributed by atoms with Crippen LogP contribution in [0.5, 0.6) is 0 Å². The Morgan fingerprint density at radius 3 is 2.37 bits per heavy atom. The van der Waals surface area contributed by atoms with Gasteiger partial charge >= 0.3 is 0 Å². The van der Waals surface area contributed by atoms with Gasteiger partial charge in [0.15, 0.2) is 0 Å². The van der Waals surface area contributed by atoms with Crippen LogP contribution in [0.3, 0.4) is 0 Å². The number of anilines is 1. The Bertz CT molecular complexity index is 778. The first kappa shape index (κ1) is 17.9. The van der Waals surface area contributed by atoms with Crippen LogP contribution in [-0.4, -0.2) is 53.7 Å². The van der Waals surface area contributed by atoms with Crippen molar-refractivity contribution in [3.63, 3.8) is 0 Å². The summed E-state index contributed by atoms with van der Waals surface area (Å²) in [5.74, 6) is -1.11. The maximum Gasteiger partial charge on any atom is 0.230 e. The second kappa shape index (κ2) is 7.29. The number of amides is 3. The highest BCUT2D eigenvalue weighted by Gasteiger charge is 2.35. The lowest BCUT2D eigenvalue weighted by molar-refractivity contribution is -0.139. The van der Waals surface area contributed by atoms with E-state index in [1.165, 1.54) is 18.2 Å². The Labute approximate surface area is 157 Å². The van der Waals surface area contributed by atoms with Crippen LogP contribution >= 0.6 is 0 Å². The van der Waals surface area contributed by atoms with Gasteiger partial charge in [-0.2, -0.15) is 0 Å². The Kier molecular flexibility index (Phi) is 4.85. The van der Waals surface area contributed by atoms with Crippen LogP contribution in [0.25, 0.3) is 0 Å². The van der Waals surface area contributed by atoms with Crippen LogP contribution in [0.2, 0.25) is 0 Å². The zero-order chi connectivity index (χ0) is 19.0. The minimum absolute atomic E-state index is 0.0243. The lowest BCUT2D eigenvalue weighted by atomic mass is 9.84. The number of rotatable bonds is 2. The molecule has 27 heavy (non-hydrogen) atoms. The molecule has 0 radical (unpaired) electrons. The summed E-state index contributed by atoms with van der Waals surface area (Å²) < 4.78 is 13.7. The fraction of sp³-hybridized carbons (Fsp3) is 0.550. The predicted molar refractivity (Wildman–Crippen MR) is 97.5 cm³/mol. The van der Waals surface area contributed by atoms with Crippen molar-refractivity contribution >= 4 is 23.4 Å². The number of nitrogens with zero attached hydrogens (tertiary/aromatic N) is 2. The van der Waals surface area contributed by atoms with E-state index in [0.29, 0.717) is 37.4 Å². The summed E-state index contributed by atoms with van der Waals surface area (Å²) in [6, 6.07) is 4.12. The van der Waals surface area contributed by atoms with Crippen molar-refractivity contribution in [3.05, 3.63) is 29.6 Å². The molecule has 1 aromatic rings. The van der Waals surface area contributed by atoms with Gasteiger partial charge < -0.3 is 15.1 Å². The molecule has 0 aromatic heterocycles. The summed E-state index contributed by atoms with van der Waals surface area (Å²) in [4.78, 5) is 41.2. The monoisotopic (exact) mass is 373 g/mol. The standard InChI is InChI=1S/C20H24FN3O3/c21-14-5-6-17-15(11-14)16(12-18(25)22-17)20(27)24-8-2-7-23(9-10-24)19(26)13-3-1-4-13/h5-6,11,13,16H,1-4,7-10,12H2,(H,22,25)/t16-/m0/s1. The van der Waals surface area contributed by atoms with Crippen LogP contribution in [-0.2, 0) is 14.4 Å². The van der Waals surface area contributed by atoms with Gasteiger partial charge in [0.2, 0.25) is 17.7 Å². The maximum atomic E-state index is 13.7. The Hall–Kier alpha value is -2.44. The van der Waals surface area contributed by atoms with Gasteiger partial charge in [0.25, 0.3) is 0 Å². The highest BCUT2D eigenvalue weighted by Crippen LogP contribution is 2.34. The normalized spacial score (nSPS) is 23.1. The number of carbonyl (C=O) groups excluding carboxylic acids is 3. The molecule has 1 atom stereocenters. The zero-order valence-corrected chi connectivity index (χ0v) is 15.2. The molecule has 2 heterocycles. The van der Waals surface area contributed by atoms with E-state index in [-0.39, 0.29) is 30.1 Å². The van der Waals surface area contributed by atoms with Crippen LogP contribution in [0.15, 0.2) is 18.2 Å². The molecule has 0 bridgehead atoms. The third-order valence-corrected chi connectivity index (χ3v) is 5.92. The first-order valence-corrected chi connectivity index (χ1v) is 9.70. The molecule has 7 heteroatoms. The van der Waals surface area contributed by atoms with Crippen LogP contribution in [0.1, 0.15) is 43.6 Å². The van der Waals surface area contributed by atoms with Gasteiger partial charge in [-0.25, -0.2) is 4.39 Å². The molecule has 2 fully saturated rings. The molecular formula is C20H24FN3O3. The lowest BCUT2D eigenvalue weighted by Crippen LogP contribution is -2.43. The van der Waals surface area contributed by atoms with E-state index in [1.807, 2.05) is 4.90 Å². The van der Waals surface area contributed by atoms with Crippen molar-refractivity contribution in [2.75, 3.05) is 31.5 Å². The lowest BCUT2D eigenvalue weighted by Gasteiger charge is -2.32. The van der Waals surface area contributed by atoms with Crippen molar-refractivity contribution in [1.82, 2.24) is 9.80 Å². The fourth-order valence-electron chi connectivity index (χ4n) is 4.14. The topological polar surface area (TPSA) is 69.7 Å². The molecule has 144 valence electrons. The van der Waals surface area contributed by atoms with E-state index >= 15 is 0 Å². The predicted octanol–water partition coefficient (Wildman–Crippen LogP) is 2.11.